The normalized spacial score (nSPS) is 10.8. The van der Waals surface area contributed by atoms with E-state index < -0.39 is 10.5 Å². The SMILES string of the molecule is Cc1cc([N+](=O)[O-])ccc1-c1nc2ccc(Br)cc2c(=O)o1. The molecule has 0 saturated carbocycles. The van der Waals surface area contributed by atoms with Gasteiger partial charge in [-0.25, -0.2) is 9.78 Å². The van der Waals surface area contributed by atoms with Crippen molar-refractivity contribution in [3.05, 3.63) is 67.0 Å². The number of fused-ring (bicyclic) bond motifs is 1. The van der Waals surface area contributed by atoms with Crippen LogP contribution < -0.4 is 5.63 Å². The number of aryl methyl sites for hydroxylation is 1. The van der Waals surface area contributed by atoms with Crippen LogP contribution in [0.1, 0.15) is 5.56 Å². The van der Waals surface area contributed by atoms with Crippen molar-refractivity contribution in [1.82, 2.24) is 4.98 Å². The van der Waals surface area contributed by atoms with Crippen LogP contribution in [0.25, 0.3) is 22.4 Å². The molecule has 0 fully saturated rings. The van der Waals surface area contributed by atoms with E-state index in [9.17, 15) is 14.9 Å². The number of rotatable bonds is 2. The fraction of sp³-hybridized carbons (Fsp3) is 0.0667. The zero-order valence-electron chi connectivity index (χ0n) is 11.4. The highest BCUT2D eigenvalue weighted by atomic mass is 79.9. The number of nitro benzene ring substituents is 1. The van der Waals surface area contributed by atoms with E-state index in [0.29, 0.717) is 22.0 Å². The zero-order valence-corrected chi connectivity index (χ0v) is 13.0. The van der Waals surface area contributed by atoms with E-state index >= 15 is 0 Å². The van der Waals surface area contributed by atoms with Crippen LogP contribution in [-0.2, 0) is 0 Å². The largest absolute Gasteiger partial charge is 0.403 e. The fourth-order valence-electron chi connectivity index (χ4n) is 2.16. The van der Waals surface area contributed by atoms with E-state index in [-0.39, 0.29) is 11.6 Å². The number of nitrogens with zero attached hydrogens (tertiary/aromatic N) is 2. The molecule has 0 aliphatic carbocycles. The van der Waals surface area contributed by atoms with Crippen molar-refractivity contribution in [3.63, 3.8) is 0 Å². The summed E-state index contributed by atoms with van der Waals surface area (Å²) in [6, 6.07) is 9.43. The van der Waals surface area contributed by atoms with Gasteiger partial charge in [0.2, 0.25) is 5.89 Å². The first-order chi connectivity index (χ1) is 10.5. The summed E-state index contributed by atoms with van der Waals surface area (Å²) in [7, 11) is 0. The number of aromatic nitrogens is 1. The van der Waals surface area contributed by atoms with Crippen molar-refractivity contribution < 1.29 is 9.34 Å². The quantitative estimate of drug-likeness (QED) is 0.511. The molecule has 0 radical (unpaired) electrons. The molecule has 1 heterocycles. The fourth-order valence-corrected chi connectivity index (χ4v) is 2.52. The van der Waals surface area contributed by atoms with Gasteiger partial charge in [-0.15, -0.1) is 0 Å². The minimum Gasteiger partial charge on any atom is -0.403 e. The lowest BCUT2D eigenvalue weighted by Crippen LogP contribution is -2.03. The first kappa shape index (κ1) is 14.4. The van der Waals surface area contributed by atoms with Gasteiger partial charge in [0.25, 0.3) is 5.69 Å². The summed E-state index contributed by atoms with van der Waals surface area (Å²) < 4.78 is 6.01. The molecule has 110 valence electrons. The number of hydrogen-bond donors (Lipinski definition) is 0. The van der Waals surface area contributed by atoms with Crippen LogP contribution in [0, 0.1) is 17.0 Å². The lowest BCUT2D eigenvalue weighted by molar-refractivity contribution is -0.384. The average Bonchev–Trinajstić information content (AvgIpc) is 2.47. The first-order valence-electron chi connectivity index (χ1n) is 6.31. The molecule has 3 rings (SSSR count). The van der Waals surface area contributed by atoms with Gasteiger partial charge >= 0.3 is 5.63 Å². The highest BCUT2D eigenvalue weighted by Crippen LogP contribution is 2.26. The van der Waals surface area contributed by atoms with Gasteiger partial charge in [0.05, 0.1) is 15.8 Å². The number of hydrogen-bond acceptors (Lipinski definition) is 5. The van der Waals surface area contributed by atoms with E-state index in [4.69, 9.17) is 4.42 Å². The summed E-state index contributed by atoms with van der Waals surface area (Å²) in [5.74, 6) is 0.146. The summed E-state index contributed by atoms with van der Waals surface area (Å²) >= 11 is 3.29. The van der Waals surface area contributed by atoms with Gasteiger partial charge in [-0.05, 0) is 36.8 Å². The number of halogens is 1. The summed E-state index contributed by atoms with van der Waals surface area (Å²) in [6.07, 6.45) is 0. The summed E-state index contributed by atoms with van der Waals surface area (Å²) in [5, 5.41) is 11.1. The molecule has 0 aliphatic heterocycles. The Morgan fingerprint density at radius 2 is 2.00 bits per heavy atom. The Labute approximate surface area is 132 Å². The highest BCUT2D eigenvalue weighted by molar-refractivity contribution is 9.10. The molecule has 22 heavy (non-hydrogen) atoms. The van der Waals surface area contributed by atoms with Gasteiger partial charge in [-0.1, -0.05) is 15.9 Å². The molecule has 1 aromatic heterocycles. The van der Waals surface area contributed by atoms with Gasteiger partial charge < -0.3 is 4.42 Å². The first-order valence-corrected chi connectivity index (χ1v) is 7.11. The van der Waals surface area contributed by atoms with Crippen molar-refractivity contribution in [2.75, 3.05) is 0 Å². The zero-order chi connectivity index (χ0) is 15.9. The maximum atomic E-state index is 12.1. The van der Waals surface area contributed by atoms with Gasteiger partial charge in [0, 0.05) is 22.2 Å². The molecule has 3 aromatic rings. The molecule has 0 atom stereocenters. The molecule has 2 aromatic carbocycles. The standard InChI is InChI=1S/C15H9BrN2O4/c1-8-6-10(18(20)21)3-4-11(8)14-17-13-5-2-9(16)7-12(13)15(19)22-14/h2-7H,1H3. The molecule has 0 saturated heterocycles. The van der Waals surface area contributed by atoms with Crippen LogP contribution in [0.15, 0.2) is 50.1 Å². The van der Waals surface area contributed by atoms with Crippen LogP contribution >= 0.6 is 15.9 Å². The predicted octanol–water partition coefficient (Wildman–Crippen LogP) is 3.83. The molecule has 0 N–H and O–H groups in total. The summed E-state index contributed by atoms with van der Waals surface area (Å²) in [6.45, 7) is 1.70. The Balaban J connectivity index is 2.21. The van der Waals surface area contributed by atoms with Gasteiger partial charge in [0.15, 0.2) is 0 Å². The molecular formula is C15H9BrN2O4. The minimum absolute atomic E-state index is 0.0201. The van der Waals surface area contributed by atoms with Gasteiger partial charge in [-0.2, -0.15) is 0 Å². The Morgan fingerprint density at radius 1 is 1.23 bits per heavy atom. The third-order valence-corrected chi connectivity index (χ3v) is 3.73. The Hall–Kier alpha value is -2.54. The topological polar surface area (TPSA) is 86.2 Å². The van der Waals surface area contributed by atoms with Crippen LogP contribution in [0.3, 0.4) is 0 Å². The molecule has 7 heteroatoms. The molecule has 0 spiro atoms. The maximum absolute atomic E-state index is 12.1. The number of benzene rings is 2. The monoisotopic (exact) mass is 360 g/mol. The Kier molecular flexibility index (Phi) is 3.50. The second kappa shape index (κ2) is 5.34. The van der Waals surface area contributed by atoms with Crippen LogP contribution in [0.2, 0.25) is 0 Å². The van der Waals surface area contributed by atoms with Gasteiger partial charge in [0.1, 0.15) is 0 Å². The van der Waals surface area contributed by atoms with Crippen molar-refractivity contribution in [2.24, 2.45) is 0 Å². The third-order valence-electron chi connectivity index (χ3n) is 3.24. The maximum Gasteiger partial charge on any atom is 0.347 e. The van der Waals surface area contributed by atoms with Crippen molar-refractivity contribution in [1.29, 1.82) is 0 Å². The van der Waals surface area contributed by atoms with E-state index in [2.05, 4.69) is 20.9 Å². The molecule has 0 aliphatic rings. The van der Waals surface area contributed by atoms with Crippen LogP contribution in [0.5, 0.6) is 0 Å². The summed E-state index contributed by atoms with van der Waals surface area (Å²) in [5.41, 5.74) is 1.15. The molecule has 0 unspecified atom stereocenters. The average molecular weight is 361 g/mol. The second-order valence-electron chi connectivity index (χ2n) is 4.72. The minimum atomic E-state index is -0.501. The molecule has 0 amide bonds. The number of nitro groups is 1. The Morgan fingerprint density at radius 3 is 2.68 bits per heavy atom. The highest BCUT2D eigenvalue weighted by Gasteiger charge is 2.14. The van der Waals surface area contributed by atoms with Crippen molar-refractivity contribution >= 4 is 32.5 Å². The summed E-state index contributed by atoms with van der Waals surface area (Å²) in [4.78, 5) is 26.7. The lowest BCUT2D eigenvalue weighted by atomic mass is 10.1. The van der Waals surface area contributed by atoms with E-state index in [1.807, 2.05) is 0 Å². The van der Waals surface area contributed by atoms with Crippen molar-refractivity contribution in [3.8, 4) is 11.5 Å². The smallest absolute Gasteiger partial charge is 0.347 e. The predicted molar refractivity (Wildman–Crippen MR) is 84.8 cm³/mol. The third kappa shape index (κ3) is 2.50. The van der Waals surface area contributed by atoms with Crippen molar-refractivity contribution in [2.45, 2.75) is 6.92 Å². The van der Waals surface area contributed by atoms with Crippen LogP contribution in [-0.4, -0.2) is 9.91 Å². The van der Waals surface area contributed by atoms with E-state index in [1.165, 1.54) is 18.2 Å². The van der Waals surface area contributed by atoms with E-state index in [1.54, 1.807) is 25.1 Å². The van der Waals surface area contributed by atoms with E-state index in [0.717, 1.165) is 4.47 Å². The van der Waals surface area contributed by atoms with Crippen LogP contribution in [0.4, 0.5) is 5.69 Å². The molecular weight excluding hydrogens is 352 g/mol. The second-order valence-corrected chi connectivity index (χ2v) is 5.64. The Bertz CT molecular complexity index is 965. The van der Waals surface area contributed by atoms with Gasteiger partial charge in [-0.3, -0.25) is 10.1 Å². The molecule has 6 nitrogen and oxygen atoms in total. The number of non-ortho nitro benzene ring substituents is 1. The lowest BCUT2D eigenvalue weighted by Gasteiger charge is -2.05. The molecule has 0 bridgehead atoms.